The van der Waals surface area contributed by atoms with E-state index < -0.39 is 28.5 Å². The van der Waals surface area contributed by atoms with E-state index in [9.17, 15) is 18.0 Å². The fraction of sp³-hybridized carbons (Fsp3) is 0.333. The minimum absolute atomic E-state index is 0.0877. The monoisotopic (exact) mass is 535 g/mol. The zero-order valence-corrected chi connectivity index (χ0v) is 23.3. The second-order valence-corrected chi connectivity index (χ2v) is 11.6. The highest BCUT2D eigenvalue weighted by Gasteiger charge is 2.33. The van der Waals surface area contributed by atoms with Gasteiger partial charge in [-0.3, -0.25) is 13.9 Å². The van der Waals surface area contributed by atoms with E-state index in [1.54, 1.807) is 30.3 Å². The Morgan fingerprint density at radius 2 is 1.45 bits per heavy atom. The minimum atomic E-state index is -4.06. The second kappa shape index (κ2) is 13.2. The predicted molar refractivity (Wildman–Crippen MR) is 151 cm³/mol. The van der Waals surface area contributed by atoms with E-state index in [0.717, 1.165) is 15.4 Å². The molecule has 0 bridgehead atoms. The smallest absolute Gasteiger partial charge is 0.264 e. The SMILES string of the molecule is CCC(C(=O)NCC(C)C)N(Cc1ccccc1)C(=O)CN(c1ccc(C)cc1)S(=O)(=O)c1ccccc1. The van der Waals surface area contributed by atoms with Gasteiger partial charge >= 0.3 is 0 Å². The molecule has 0 saturated carbocycles. The summed E-state index contributed by atoms with van der Waals surface area (Å²) in [5, 5.41) is 2.94. The van der Waals surface area contributed by atoms with Crippen LogP contribution in [0.5, 0.6) is 0 Å². The van der Waals surface area contributed by atoms with Crippen molar-refractivity contribution in [1.82, 2.24) is 10.2 Å². The molecule has 0 saturated heterocycles. The fourth-order valence-corrected chi connectivity index (χ4v) is 5.52. The van der Waals surface area contributed by atoms with Crippen LogP contribution in [0, 0.1) is 12.8 Å². The third-order valence-corrected chi connectivity index (χ3v) is 7.99. The van der Waals surface area contributed by atoms with Gasteiger partial charge < -0.3 is 10.2 Å². The number of hydrogen-bond acceptors (Lipinski definition) is 4. The first kappa shape index (κ1) is 28.9. The summed E-state index contributed by atoms with van der Waals surface area (Å²) in [6.07, 6.45) is 0.387. The van der Waals surface area contributed by atoms with Crippen LogP contribution in [0.2, 0.25) is 0 Å². The molecule has 0 radical (unpaired) electrons. The van der Waals surface area contributed by atoms with Gasteiger partial charge in [-0.25, -0.2) is 8.42 Å². The molecule has 0 aliphatic heterocycles. The van der Waals surface area contributed by atoms with Crippen LogP contribution < -0.4 is 9.62 Å². The van der Waals surface area contributed by atoms with E-state index in [0.29, 0.717) is 18.7 Å². The van der Waals surface area contributed by atoms with E-state index in [1.165, 1.54) is 17.0 Å². The summed E-state index contributed by atoms with van der Waals surface area (Å²) in [5.74, 6) is -0.457. The number of aryl methyl sites for hydroxylation is 1. The summed E-state index contributed by atoms with van der Waals surface area (Å²) >= 11 is 0. The van der Waals surface area contributed by atoms with Crippen LogP contribution in [0.4, 0.5) is 5.69 Å². The van der Waals surface area contributed by atoms with Crippen LogP contribution in [0.3, 0.4) is 0 Å². The van der Waals surface area contributed by atoms with Crippen molar-refractivity contribution < 1.29 is 18.0 Å². The van der Waals surface area contributed by atoms with Gasteiger partial charge in [-0.2, -0.15) is 0 Å². The summed E-state index contributed by atoms with van der Waals surface area (Å²) in [5.41, 5.74) is 2.20. The van der Waals surface area contributed by atoms with Crippen LogP contribution in [0.15, 0.2) is 89.8 Å². The van der Waals surface area contributed by atoms with E-state index in [4.69, 9.17) is 0 Å². The molecule has 2 amide bonds. The molecule has 1 atom stereocenters. The number of anilines is 1. The summed E-state index contributed by atoms with van der Waals surface area (Å²) in [6, 6.07) is 23.7. The molecule has 38 heavy (non-hydrogen) atoms. The van der Waals surface area contributed by atoms with E-state index in [-0.39, 0.29) is 23.3 Å². The molecule has 1 N–H and O–H groups in total. The molecule has 0 aliphatic rings. The summed E-state index contributed by atoms with van der Waals surface area (Å²) in [6.45, 7) is 7.99. The molecular formula is C30H37N3O4S. The van der Waals surface area contributed by atoms with Crippen molar-refractivity contribution in [3.8, 4) is 0 Å². The maximum atomic E-state index is 14.0. The zero-order valence-electron chi connectivity index (χ0n) is 22.5. The number of benzene rings is 3. The Balaban J connectivity index is 2.01. The average Bonchev–Trinajstić information content (AvgIpc) is 2.92. The van der Waals surface area contributed by atoms with Gasteiger partial charge in [0.1, 0.15) is 12.6 Å². The Labute approximate surface area is 226 Å². The molecule has 0 aromatic heterocycles. The van der Waals surface area contributed by atoms with Gasteiger partial charge in [-0.15, -0.1) is 0 Å². The number of carbonyl (C=O) groups is 2. The summed E-state index contributed by atoms with van der Waals surface area (Å²) < 4.78 is 28.6. The molecule has 0 fully saturated rings. The van der Waals surface area contributed by atoms with Gasteiger partial charge in [-0.05, 0) is 49.1 Å². The first-order valence-electron chi connectivity index (χ1n) is 12.9. The summed E-state index contributed by atoms with van der Waals surface area (Å²) in [7, 11) is -4.06. The molecule has 3 aromatic carbocycles. The Kier molecular flexibility index (Phi) is 10.1. The largest absolute Gasteiger partial charge is 0.354 e. The van der Waals surface area contributed by atoms with Crippen LogP contribution in [-0.2, 0) is 26.2 Å². The first-order chi connectivity index (χ1) is 18.1. The minimum Gasteiger partial charge on any atom is -0.354 e. The Morgan fingerprint density at radius 1 is 0.868 bits per heavy atom. The highest BCUT2D eigenvalue weighted by molar-refractivity contribution is 7.92. The number of sulfonamides is 1. The van der Waals surface area contributed by atoms with Gasteiger partial charge in [0, 0.05) is 13.1 Å². The number of nitrogens with zero attached hydrogens (tertiary/aromatic N) is 2. The van der Waals surface area contributed by atoms with Crippen LogP contribution in [-0.4, -0.2) is 44.3 Å². The van der Waals surface area contributed by atoms with Crippen LogP contribution >= 0.6 is 0 Å². The number of amides is 2. The second-order valence-electron chi connectivity index (χ2n) is 9.73. The molecular weight excluding hydrogens is 498 g/mol. The van der Waals surface area contributed by atoms with E-state index in [2.05, 4.69) is 5.32 Å². The number of nitrogens with one attached hydrogen (secondary N) is 1. The van der Waals surface area contributed by atoms with Crippen molar-refractivity contribution in [2.45, 2.75) is 51.6 Å². The normalized spacial score (nSPS) is 12.1. The Bertz CT molecular complexity index is 1290. The topological polar surface area (TPSA) is 86.8 Å². The van der Waals surface area contributed by atoms with Gasteiger partial charge in [-0.1, -0.05) is 87.0 Å². The predicted octanol–water partition coefficient (Wildman–Crippen LogP) is 4.77. The maximum absolute atomic E-state index is 14.0. The fourth-order valence-electron chi connectivity index (χ4n) is 4.08. The molecule has 0 heterocycles. The zero-order chi connectivity index (χ0) is 27.7. The number of hydrogen-bond donors (Lipinski definition) is 1. The van der Waals surface area contributed by atoms with Crippen molar-refractivity contribution in [2.75, 3.05) is 17.4 Å². The molecule has 3 rings (SSSR count). The summed E-state index contributed by atoms with van der Waals surface area (Å²) in [4.78, 5) is 28.7. The van der Waals surface area contributed by atoms with E-state index >= 15 is 0 Å². The lowest BCUT2D eigenvalue weighted by Gasteiger charge is -2.33. The van der Waals surface area contributed by atoms with Gasteiger partial charge in [0.25, 0.3) is 10.0 Å². The quantitative estimate of drug-likeness (QED) is 0.362. The lowest BCUT2D eigenvalue weighted by atomic mass is 10.1. The molecule has 0 aliphatic carbocycles. The lowest BCUT2D eigenvalue weighted by molar-refractivity contribution is -0.140. The highest BCUT2D eigenvalue weighted by atomic mass is 32.2. The third kappa shape index (κ3) is 7.44. The standard InChI is InChI=1S/C30H37N3O4S/c1-5-28(30(35)31-20-23(2)3)32(21-25-12-8-6-9-13-25)29(34)22-33(26-18-16-24(4)17-19-26)38(36,37)27-14-10-7-11-15-27/h6-19,23,28H,5,20-22H2,1-4H3,(H,31,35). The Morgan fingerprint density at radius 3 is 2.00 bits per heavy atom. The molecule has 3 aromatic rings. The highest BCUT2D eigenvalue weighted by Crippen LogP contribution is 2.25. The van der Waals surface area contributed by atoms with Crippen molar-refractivity contribution >= 4 is 27.5 Å². The van der Waals surface area contributed by atoms with Crippen LogP contribution in [0.1, 0.15) is 38.3 Å². The molecule has 7 nitrogen and oxygen atoms in total. The Hall–Kier alpha value is -3.65. The van der Waals surface area contributed by atoms with Gasteiger partial charge in [0.05, 0.1) is 10.6 Å². The average molecular weight is 536 g/mol. The van der Waals surface area contributed by atoms with Gasteiger partial charge in [0.15, 0.2) is 0 Å². The lowest BCUT2D eigenvalue weighted by Crippen LogP contribution is -2.52. The van der Waals surface area contributed by atoms with Crippen molar-refractivity contribution in [3.05, 3.63) is 96.1 Å². The molecule has 202 valence electrons. The molecule has 0 spiro atoms. The van der Waals surface area contributed by atoms with E-state index in [1.807, 2.05) is 70.2 Å². The maximum Gasteiger partial charge on any atom is 0.264 e. The third-order valence-electron chi connectivity index (χ3n) is 6.20. The van der Waals surface area contributed by atoms with Crippen molar-refractivity contribution in [2.24, 2.45) is 5.92 Å². The number of rotatable bonds is 12. The molecule has 1 unspecified atom stereocenters. The number of carbonyl (C=O) groups excluding carboxylic acids is 2. The van der Waals surface area contributed by atoms with Crippen LogP contribution in [0.25, 0.3) is 0 Å². The van der Waals surface area contributed by atoms with Crippen molar-refractivity contribution in [1.29, 1.82) is 0 Å². The van der Waals surface area contributed by atoms with Crippen molar-refractivity contribution in [3.63, 3.8) is 0 Å². The molecule has 8 heteroatoms. The van der Waals surface area contributed by atoms with Gasteiger partial charge in [0.2, 0.25) is 11.8 Å². The first-order valence-corrected chi connectivity index (χ1v) is 14.3.